The van der Waals surface area contributed by atoms with Crippen LogP contribution in [0.1, 0.15) is 0 Å². The van der Waals surface area contributed by atoms with Crippen LogP contribution in [0.15, 0.2) is 0 Å². The van der Waals surface area contributed by atoms with E-state index < -0.39 is 0 Å². The first-order valence-electron chi connectivity index (χ1n) is 0. The second kappa shape index (κ2) is 51.1. The largest absolute Gasteiger partial charge is 4.00 e. The molecule has 0 aromatic heterocycles. The predicted molar refractivity (Wildman–Crippen MR) is 0 cm³/mol. The summed E-state index contributed by atoms with van der Waals surface area (Å²) in [6.45, 7) is 0. The molecular weight excluding hydrogens is 458 g/mol. The Morgan fingerprint density at radius 3 is 0.429 bits per heavy atom. The predicted octanol–water partition coefficient (Wildman–Crippen LogP) is -18.0. The Bertz CT molecular complexity index is 8.04. The summed E-state index contributed by atoms with van der Waals surface area (Å²) in [5.41, 5.74) is 0. The molecule has 0 spiro atoms. The van der Waals surface area contributed by atoms with E-state index in [1.165, 1.54) is 0 Å². The molecule has 0 N–H and O–H groups in total. The zero-order valence-corrected chi connectivity index (χ0v) is 14.2. The number of halogens is 5. The van der Waals surface area contributed by atoms with E-state index in [4.69, 9.17) is 0 Å². The molecule has 0 saturated heterocycles. The van der Waals surface area contributed by atoms with E-state index in [-0.39, 0.29) is 141 Å². The van der Waals surface area contributed by atoms with Crippen molar-refractivity contribution in [2.75, 3.05) is 0 Å². The van der Waals surface area contributed by atoms with E-state index >= 15 is 0 Å². The minimum atomic E-state index is 0. The third-order valence-corrected chi connectivity index (χ3v) is 0. The molecule has 0 aromatic carbocycles. The van der Waals surface area contributed by atoms with Crippen LogP contribution in [-0.4, -0.2) is 0 Å². The monoisotopic (exact) mass is 455 g/mol. The zero-order valence-electron chi connectivity index (χ0n) is 3.21. The van der Waals surface area contributed by atoms with Crippen molar-refractivity contribution < 1.29 is 141 Å². The standard InChI is InChI=1S/5ClH.Pt.Rb/h5*1H;;/q;;;;;+4;+1/p-5. The summed E-state index contributed by atoms with van der Waals surface area (Å²) in [7, 11) is 0. The summed E-state index contributed by atoms with van der Waals surface area (Å²) in [5.74, 6) is 0. The minimum Gasteiger partial charge on any atom is -1.00 e. The molecule has 0 atom stereocenters. The minimum absolute atomic E-state index is 0. The van der Waals surface area contributed by atoms with Gasteiger partial charge in [0.05, 0.1) is 0 Å². The van der Waals surface area contributed by atoms with Crippen LogP contribution in [0.25, 0.3) is 0 Å². The average molecular weight is 458 g/mol. The molecule has 46 valence electrons. The number of hydrogen-bond donors (Lipinski definition) is 0. The van der Waals surface area contributed by atoms with Crippen LogP contribution in [-0.2, 0) is 21.1 Å². The normalized spacial score (nSPS) is 0. The zero-order chi connectivity index (χ0) is 0. The van der Waals surface area contributed by atoms with Gasteiger partial charge in [0.25, 0.3) is 0 Å². The molecule has 0 nitrogen and oxygen atoms in total. The smallest absolute Gasteiger partial charge is 1.00 e. The first-order chi connectivity index (χ1) is 0. The van der Waals surface area contributed by atoms with Gasteiger partial charge in [0, 0.05) is 0 Å². The molecule has 0 saturated carbocycles. The Hall–Kier alpha value is 3.94. The Morgan fingerprint density at radius 2 is 0.429 bits per heavy atom. The summed E-state index contributed by atoms with van der Waals surface area (Å²) in [6.07, 6.45) is 0. The SMILES string of the molecule is [Cl-].[Cl-].[Cl-].[Cl-].[Cl-].[Pt+4].[Rb+]. The topological polar surface area (TPSA) is 0 Å². The molecule has 0 unspecified atom stereocenters. The van der Waals surface area contributed by atoms with Crippen molar-refractivity contribution in [1.29, 1.82) is 0 Å². The Balaban J connectivity index is 0. The fourth-order valence-electron chi connectivity index (χ4n) is 0. The summed E-state index contributed by atoms with van der Waals surface area (Å²) in [5, 5.41) is 0. The van der Waals surface area contributed by atoms with Gasteiger partial charge in [-0.1, -0.05) is 0 Å². The van der Waals surface area contributed by atoms with E-state index in [1.807, 2.05) is 0 Å². The Morgan fingerprint density at radius 1 is 0.429 bits per heavy atom. The van der Waals surface area contributed by atoms with Gasteiger partial charge in [-0.3, -0.25) is 0 Å². The van der Waals surface area contributed by atoms with Crippen LogP contribution in [0.5, 0.6) is 0 Å². The van der Waals surface area contributed by atoms with Crippen molar-refractivity contribution in [3.8, 4) is 0 Å². The van der Waals surface area contributed by atoms with Crippen molar-refractivity contribution >= 4 is 0 Å². The maximum Gasteiger partial charge on any atom is 4.00 e. The summed E-state index contributed by atoms with van der Waals surface area (Å²) >= 11 is 0. The van der Waals surface area contributed by atoms with E-state index in [1.54, 1.807) is 0 Å². The van der Waals surface area contributed by atoms with Gasteiger partial charge in [0.1, 0.15) is 0 Å². The van der Waals surface area contributed by atoms with Gasteiger partial charge in [-0.15, -0.1) is 0 Å². The molecule has 0 aromatic rings. The van der Waals surface area contributed by atoms with Gasteiger partial charge in [0.15, 0.2) is 0 Å². The maximum atomic E-state index is 0. The van der Waals surface area contributed by atoms with Gasteiger partial charge in [-0.05, 0) is 0 Å². The van der Waals surface area contributed by atoms with Crippen LogP contribution in [0.3, 0.4) is 0 Å². The fraction of sp³-hybridized carbons (Fsp3) is 0. The van der Waals surface area contributed by atoms with Crippen LogP contribution in [0.4, 0.5) is 0 Å². The van der Waals surface area contributed by atoms with Crippen LogP contribution in [0, 0.1) is 0 Å². The summed E-state index contributed by atoms with van der Waals surface area (Å²) < 4.78 is 0. The first kappa shape index (κ1) is 69.6. The van der Waals surface area contributed by atoms with Crippen LogP contribution in [0.2, 0.25) is 0 Å². The first-order valence-corrected chi connectivity index (χ1v) is 0. The fourth-order valence-corrected chi connectivity index (χ4v) is 0. The van der Waals surface area contributed by atoms with Crippen LogP contribution < -0.4 is 120 Å². The molecule has 7 heavy (non-hydrogen) atoms. The third-order valence-electron chi connectivity index (χ3n) is 0. The van der Waals surface area contributed by atoms with E-state index in [9.17, 15) is 0 Å². The van der Waals surface area contributed by atoms with Gasteiger partial charge in [-0.2, -0.15) is 0 Å². The van der Waals surface area contributed by atoms with Gasteiger partial charge in [0.2, 0.25) is 0 Å². The Labute approximate surface area is 138 Å². The molecule has 0 fully saturated rings. The van der Waals surface area contributed by atoms with E-state index in [2.05, 4.69) is 0 Å². The van der Waals surface area contributed by atoms with E-state index in [0.717, 1.165) is 0 Å². The average Bonchev–Trinajstić information content (AvgIpc) is 0. The van der Waals surface area contributed by atoms with Crippen molar-refractivity contribution in [3.05, 3.63) is 0 Å². The van der Waals surface area contributed by atoms with Gasteiger partial charge in [-0.25, -0.2) is 0 Å². The van der Waals surface area contributed by atoms with Crippen LogP contribution >= 0.6 is 0 Å². The Kier molecular flexibility index (Phi) is 508. The molecule has 0 heterocycles. The quantitative estimate of drug-likeness (QED) is 0.339. The molecule has 0 aliphatic rings. The molecule has 0 aliphatic heterocycles. The van der Waals surface area contributed by atoms with Crippen molar-refractivity contribution in [2.24, 2.45) is 0 Å². The molecule has 0 aliphatic carbocycles. The van der Waals surface area contributed by atoms with Crippen molar-refractivity contribution in [1.82, 2.24) is 0 Å². The summed E-state index contributed by atoms with van der Waals surface area (Å²) in [6, 6.07) is 0. The number of hydrogen-bond acceptors (Lipinski definition) is 0. The van der Waals surface area contributed by atoms with Gasteiger partial charge >= 0.3 is 79.3 Å². The maximum absolute atomic E-state index is 0. The summed E-state index contributed by atoms with van der Waals surface area (Å²) in [4.78, 5) is 0. The van der Waals surface area contributed by atoms with Crippen molar-refractivity contribution in [2.45, 2.75) is 0 Å². The van der Waals surface area contributed by atoms with E-state index in [0.29, 0.717) is 0 Å². The third kappa shape index (κ3) is 40.3. The molecule has 7 heteroatoms. The molecule has 0 bridgehead atoms. The second-order valence-electron chi connectivity index (χ2n) is 0. The molecule has 0 amide bonds. The van der Waals surface area contributed by atoms with Crippen molar-refractivity contribution in [3.63, 3.8) is 0 Å². The number of rotatable bonds is 0. The second-order valence-corrected chi connectivity index (χ2v) is 0. The molecule has 0 rings (SSSR count). The molecular formula is Cl5PtRb. The molecule has 0 radical (unpaired) electrons. The van der Waals surface area contributed by atoms with Gasteiger partial charge < -0.3 is 62.0 Å².